The smallest absolute Gasteiger partial charge is 0.171 e. The van der Waals surface area contributed by atoms with Crippen molar-refractivity contribution < 1.29 is 26.3 Å². The quantitative estimate of drug-likeness (QED) is 0.367. The molecule has 0 spiro atoms. The van der Waals surface area contributed by atoms with Crippen molar-refractivity contribution in [2.24, 2.45) is 23.7 Å². The lowest BCUT2D eigenvalue weighted by Gasteiger charge is -2.28. The summed E-state index contributed by atoms with van der Waals surface area (Å²) in [6.07, 6.45) is -0.667. The molecule has 24 heavy (non-hydrogen) atoms. The fourth-order valence-corrected chi connectivity index (χ4v) is 4.57. The molecule has 2 fully saturated rings. The summed E-state index contributed by atoms with van der Waals surface area (Å²) in [4.78, 5) is 0. The Morgan fingerprint density at radius 3 is 1.25 bits per heavy atom. The Hall–Kier alpha value is -0.420. The van der Waals surface area contributed by atoms with Crippen LogP contribution in [0, 0.1) is 23.7 Å². The summed E-state index contributed by atoms with van der Waals surface area (Å²) < 4.78 is 78.3. The first-order valence-corrected chi connectivity index (χ1v) is 9.31. The molecule has 2 saturated carbocycles. The zero-order chi connectivity index (χ0) is 17.8. The maximum atomic E-state index is 13.1. The molecule has 2 aliphatic carbocycles. The van der Waals surface area contributed by atoms with Crippen LogP contribution >= 0.6 is 0 Å². The monoisotopic (exact) mass is 358 g/mol. The van der Waals surface area contributed by atoms with E-state index in [2.05, 4.69) is 0 Å². The van der Waals surface area contributed by atoms with Gasteiger partial charge in [-0.25, -0.2) is 0 Å². The van der Waals surface area contributed by atoms with Crippen LogP contribution in [-0.4, -0.2) is 12.4 Å². The molecule has 0 nitrogen and oxygen atoms in total. The van der Waals surface area contributed by atoms with Crippen molar-refractivity contribution in [3.8, 4) is 0 Å². The van der Waals surface area contributed by atoms with Crippen LogP contribution < -0.4 is 0 Å². The standard InChI is InChI=1S/C18H28F6/c19-17(20,21)15-11-9-14(10-12-16(15)18(22,23)24)8-7-13-5-3-1-2-4-6-13/h13-16H,1-12H2. The zero-order valence-electron chi connectivity index (χ0n) is 14.1. The summed E-state index contributed by atoms with van der Waals surface area (Å²) >= 11 is 0. The molecule has 0 aromatic rings. The Labute approximate surface area is 140 Å². The third-order valence-corrected chi connectivity index (χ3v) is 6.06. The molecule has 2 atom stereocenters. The highest BCUT2D eigenvalue weighted by atomic mass is 19.4. The number of rotatable bonds is 3. The lowest BCUT2D eigenvalue weighted by Crippen LogP contribution is -2.38. The van der Waals surface area contributed by atoms with Crippen LogP contribution in [-0.2, 0) is 0 Å². The van der Waals surface area contributed by atoms with E-state index in [9.17, 15) is 26.3 Å². The molecule has 0 aromatic carbocycles. The zero-order valence-corrected chi connectivity index (χ0v) is 14.1. The van der Waals surface area contributed by atoms with Crippen LogP contribution in [0.1, 0.15) is 77.0 Å². The van der Waals surface area contributed by atoms with Crippen molar-refractivity contribution in [2.75, 3.05) is 0 Å². The van der Waals surface area contributed by atoms with Crippen LogP contribution in [0.3, 0.4) is 0 Å². The molecule has 0 bridgehead atoms. The van der Waals surface area contributed by atoms with E-state index in [1.807, 2.05) is 0 Å². The highest BCUT2D eigenvalue weighted by molar-refractivity contribution is 4.86. The lowest BCUT2D eigenvalue weighted by molar-refractivity contribution is -0.254. The van der Waals surface area contributed by atoms with Crippen LogP contribution in [0.25, 0.3) is 0 Å². The van der Waals surface area contributed by atoms with Gasteiger partial charge < -0.3 is 0 Å². The predicted octanol–water partition coefficient (Wildman–Crippen LogP) is 7.28. The summed E-state index contributed by atoms with van der Waals surface area (Å²) in [6, 6.07) is 0. The van der Waals surface area contributed by atoms with E-state index in [0.29, 0.717) is 5.92 Å². The number of hydrogen-bond donors (Lipinski definition) is 0. The van der Waals surface area contributed by atoms with Gasteiger partial charge in [-0.05, 0) is 37.5 Å². The molecule has 0 aliphatic heterocycles. The number of halogens is 6. The molecule has 2 rings (SSSR count). The first-order chi connectivity index (χ1) is 11.2. The van der Waals surface area contributed by atoms with Crippen molar-refractivity contribution in [1.82, 2.24) is 0 Å². The van der Waals surface area contributed by atoms with E-state index in [-0.39, 0.29) is 31.6 Å². The molecule has 0 aromatic heterocycles. The predicted molar refractivity (Wildman–Crippen MR) is 81.5 cm³/mol. The van der Waals surface area contributed by atoms with Crippen molar-refractivity contribution in [1.29, 1.82) is 0 Å². The lowest BCUT2D eigenvalue weighted by atomic mass is 9.87. The molecule has 0 radical (unpaired) electrons. The van der Waals surface area contributed by atoms with Gasteiger partial charge in [-0.15, -0.1) is 0 Å². The summed E-state index contributed by atoms with van der Waals surface area (Å²) in [6.45, 7) is 0. The second kappa shape index (κ2) is 8.31. The van der Waals surface area contributed by atoms with Gasteiger partial charge >= 0.3 is 12.4 Å². The van der Waals surface area contributed by atoms with Gasteiger partial charge in [0.2, 0.25) is 0 Å². The van der Waals surface area contributed by atoms with Crippen LogP contribution in [0.2, 0.25) is 0 Å². The Morgan fingerprint density at radius 1 is 0.500 bits per heavy atom. The second-order valence-corrected chi connectivity index (χ2v) is 7.75. The normalized spacial score (nSPS) is 31.5. The maximum Gasteiger partial charge on any atom is 0.392 e. The Bertz CT molecular complexity index is 341. The fraction of sp³-hybridized carbons (Fsp3) is 1.00. The van der Waals surface area contributed by atoms with E-state index in [4.69, 9.17) is 0 Å². The molecule has 0 amide bonds. The van der Waals surface area contributed by atoms with Gasteiger partial charge in [-0.2, -0.15) is 26.3 Å². The summed E-state index contributed by atoms with van der Waals surface area (Å²) in [5.74, 6) is -3.81. The topological polar surface area (TPSA) is 0 Å². The van der Waals surface area contributed by atoms with Crippen LogP contribution in [0.4, 0.5) is 26.3 Å². The van der Waals surface area contributed by atoms with Crippen LogP contribution in [0.15, 0.2) is 0 Å². The van der Waals surface area contributed by atoms with E-state index < -0.39 is 24.2 Å². The average molecular weight is 358 g/mol. The van der Waals surface area contributed by atoms with E-state index in [1.165, 1.54) is 38.5 Å². The Balaban J connectivity index is 1.91. The van der Waals surface area contributed by atoms with Gasteiger partial charge in [-0.3, -0.25) is 0 Å². The van der Waals surface area contributed by atoms with Gasteiger partial charge in [0.15, 0.2) is 0 Å². The minimum Gasteiger partial charge on any atom is -0.171 e. The number of hydrogen-bond acceptors (Lipinski definition) is 0. The third-order valence-electron chi connectivity index (χ3n) is 6.06. The molecule has 142 valence electrons. The first kappa shape index (κ1) is 19.9. The Kier molecular flexibility index (Phi) is 6.89. The van der Waals surface area contributed by atoms with Crippen molar-refractivity contribution >= 4 is 0 Å². The first-order valence-electron chi connectivity index (χ1n) is 9.31. The molecule has 2 aliphatic rings. The van der Waals surface area contributed by atoms with Gasteiger partial charge in [0.1, 0.15) is 0 Å². The van der Waals surface area contributed by atoms with Gasteiger partial charge in [0.25, 0.3) is 0 Å². The highest BCUT2D eigenvalue weighted by Crippen LogP contribution is 2.49. The van der Waals surface area contributed by atoms with E-state index in [0.717, 1.165) is 12.8 Å². The minimum absolute atomic E-state index is 0.0189. The summed E-state index contributed by atoms with van der Waals surface area (Å²) in [5.41, 5.74) is 0. The summed E-state index contributed by atoms with van der Waals surface area (Å²) in [5, 5.41) is 0. The van der Waals surface area contributed by atoms with Crippen molar-refractivity contribution in [3.63, 3.8) is 0 Å². The fourth-order valence-electron chi connectivity index (χ4n) is 4.57. The maximum absolute atomic E-state index is 13.1. The van der Waals surface area contributed by atoms with Gasteiger partial charge in [0.05, 0.1) is 11.8 Å². The SMILES string of the molecule is FC(F)(F)C1CCC(CCC2CCCCCC2)CCC1C(F)(F)F. The highest BCUT2D eigenvalue weighted by Gasteiger charge is 2.55. The number of alkyl halides is 6. The molecule has 0 saturated heterocycles. The Morgan fingerprint density at radius 2 is 0.875 bits per heavy atom. The van der Waals surface area contributed by atoms with Crippen molar-refractivity contribution in [2.45, 2.75) is 89.4 Å². The molecular formula is C18H28F6. The van der Waals surface area contributed by atoms with Crippen molar-refractivity contribution in [3.05, 3.63) is 0 Å². The van der Waals surface area contributed by atoms with Gasteiger partial charge in [-0.1, -0.05) is 51.4 Å². The van der Waals surface area contributed by atoms with E-state index >= 15 is 0 Å². The molecule has 2 unspecified atom stereocenters. The largest absolute Gasteiger partial charge is 0.392 e. The van der Waals surface area contributed by atoms with Crippen LogP contribution in [0.5, 0.6) is 0 Å². The molecule has 0 heterocycles. The molecular weight excluding hydrogens is 330 g/mol. The molecule has 6 heteroatoms. The second-order valence-electron chi connectivity index (χ2n) is 7.75. The average Bonchev–Trinajstić information content (AvgIpc) is 2.84. The van der Waals surface area contributed by atoms with E-state index in [1.54, 1.807) is 0 Å². The summed E-state index contributed by atoms with van der Waals surface area (Å²) in [7, 11) is 0. The van der Waals surface area contributed by atoms with Gasteiger partial charge in [0, 0.05) is 0 Å². The minimum atomic E-state index is -4.75. The molecule has 0 N–H and O–H groups in total. The third kappa shape index (κ3) is 5.83.